The van der Waals surface area contributed by atoms with Gasteiger partial charge in [-0.1, -0.05) is 12.1 Å². The summed E-state index contributed by atoms with van der Waals surface area (Å²) in [4.78, 5) is 27.3. The average Bonchev–Trinajstić information content (AvgIpc) is 2.58. The molecule has 2 rings (SSSR count). The first kappa shape index (κ1) is 20.0. The predicted octanol–water partition coefficient (Wildman–Crippen LogP) is 4.81. The third kappa shape index (κ3) is 5.87. The van der Waals surface area contributed by atoms with Gasteiger partial charge in [-0.2, -0.15) is 13.2 Å². The van der Waals surface area contributed by atoms with Gasteiger partial charge < -0.3 is 5.32 Å². The van der Waals surface area contributed by atoms with Crippen molar-refractivity contribution in [1.29, 1.82) is 0 Å². The zero-order valence-electron chi connectivity index (χ0n) is 14.0. The van der Waals surface area contributed by atoms with Crippen LogP contribution in [0.1, 0.15) is 35.7 Å². The number of aromatic nitrogens is 1. The minimum Gasteiger partial charge on any atom is -0.325 e. The van der Waals surface area contributed by atoms with Crippen molar-refractivity contribution >= 4 is 29.1 Å². The molecule has 138 valence electrons. The fraction of sp³-hybridized carbons (Fsp3) is 0.278. The van der Waals surface area contributed by atoms with Crippen LogP contribution in [0.4, 0.5) is 18.9 Å². The summed E-state index contributed by atoms with van der Waals surface area (Å²) in [7, 11) is 0. The molecule has 4 nitrogen and oxygen atoms in total. The Labute approximate surface area is 153 Å². The molecule has 0 aliphatic rings. The zero-order chi connectivity index (χ0) is 19.2. The number of amides is 1. The third-order valence-corrected chi connectivity index (χ3v) is 4.47. The highest BCUT2D eigenvalue weighted by molar-refractivity contribution is 7.99. The highest BCUT2D eigenvalue weighted by Crippen LogP contribution is 2.29. The number of hydrogen-bond donors (Lipinski definition) is 1. The van der Waals surface area contributed by atoms with E-state index in [1.165, 1.54) is 24.8 Å². The van der Waals surface area contributed by atoms with Crippen LogP contribution in [-0.4, -0.2) is 22.4 Å². The third-order valence-electron chi connectivity index (χ3n) is 3.44. The minimum absolute atomic E-state index is 0.134. The quantitative estimate of drug-likeness (QED) is 0.424. The predicted molar refractivity (Wildman–Crippen MR) is 94.3 cm³/mol. The van der Waals surface area contributed by atoms with Crippen molar-refractivity contribution in [2.24, 2.45) is 0 Å². The first-order valence-corrected chi connectivity index (χ1v) is 8.82. The molecule has 0 radical (unpaired) electrons. The van der Waals surface area contributed by atoms with Gasteiger partial charge in [-0.3, -0.25) is 9.59 Å². The normalized spacial score (nSPS) is 11.2. The summed E-state index contributed by atoms with van der Waals surface area (Å²) in [6, 6.07) is 9.06. The molecular weight excluding hydrogens is 365 g/mol. The standard InChI is InChI=1S/C18H17F3N2O2S/c1-12(24)14-5-2-3-6-15(14)23-16(25)7-4-10-26-17-9-8-13(11-22-17)18(19,20)21/h2-3,5-6,8-9,11H,4,7,10H2,1H3,(H,23,25). The Kier molecular flexibility index (Phi) is 6.79. The number of benzene rings is 1. The van der Waals surface area contributed by atoms with Gasteiger partial charge in [-0.25, -0.2) is 4.98 Å². The summed E-state index contributed by atoms with van der Waals surface area (Å²) in [5.41, 5.74) is 0.136. The number of alkyl halides is 3. The number of hydrogen-bond acceptors (Lipinski definition) is 4. The number of nitrogens with one attached hydrogen (secondary N) is 1. The van der Waals surface area contributed by atoms with E-state index in [2.05, 4.69) is 10.3 Å². The molecule has 0 unspecified atom stereocenters. The molecule has 1 amide bonds. The molecule has 2 aromatic rings. The maximum absolute atomic E-state index is 12.5. The summed E-state index contributed by atoms with van der Waals surface area (Å²) in [6.45, 7) is 1.43. The van der Waals surface area contributed by atoms with Gasteiger partial charge in [0.15, 0.2) is 5.78 Å². The molecule has 0 aliphatic carbocycles. The fourth-order valence-corrected chi connectivity index (χ4v) is 2.94. The second-order valence-electron chi connectivity index (χ2n) is 5.48. The smallest absolute Gasteiger partial charge is 0.325 e. The number of carbonyl (C=O) groups excluding carboxylic acids is 2. The van der Waals surface area contributed by atoms with E-state index >= 15 is 0 Å². The van der Waals surface area contributed by atoms with Gasteiger partial charge in [-0.05, 0) is 43.4 Å². The van der Waals surface area contributed by atoms with Crippen LogP contribution < -0.4 is 5.32 Å². The van der Waals surface area contributed by atoms with Crippen LogP contribution in [0.5, 0.6) is 0 Å². The van der Waals surface area contributed by atoms with Crippen molar-refractivity contribution in [2.75, 3.05) is 11.1 Å². The molecule has 1 aromatic heterocycles. The van der Waals surface area contributed by atoms with E-state index in [4.69, 9.17) is 0 Å². The zero-order valence-corrected chi connectivity index (χ0v) is 14.8. The van der Waals surface area contributed by atoms with Gasteiger partial charge in [0.05, 0.1) is 16.3 Å². The highest BCUT2D eigenvalue weighted by Gasteiger charge is 2.30. The monoisotopic (exact) mass is 382 g/mol. The second-order valence-corrected chi connectivity index (χ2v) is 6.60. The number of ketones is 1. The topological polar surface area (TPSA) is 59.1 Å². The fourth-order valence-electron chi connectivity index (χ4n) is 2.15. The van der Waals surface area contributed by atoms with Crippen LogP contribution in [0.2, 0.25) is 0 Å². The first-order valence-electron chi connectivity index (χ1n) is 7.83. The van der Waals surface area contributed by atoms with Crippen LogP contribution in [0.3, 0.4) is 0 Å². The highest BCUT2D eigenvalue weighted by atomic mass is 32.2. The van der Waals surface area contributed by atoms with E-state index in [9.17, 15) is 22.8 Å². The van der Waals surface area contributed by atoms with Crippen molar-refractivity contribution in [3.8, 4) is 0 Å². The molecule has 8 heteroatoms. The summed E-state index contributed by atoms with van der Waals surface area (Å²) in [5, 5.41) is 3.18. The van der Waals surface area contributed by atoms with Gasteiger partial charge in [-0.15, -0.1) is 11.8 Å². The van der Waals surface area contributed by atoms with Crippen LogP contribution in [0.25, 0.3) is 0 Å². The molecular formula is C18H17F3N2O2S. The maximum atomic E-state index is 12.5. The lowest BCUT2D eigenvalue weighted by Gasteiger charge is -2.09. The Hall–Kier alpha value is -2.35. The molecule has 0 bridgehead atoms. The Balaban J connectivity index is 1.78. The van der Waals surface area contributed by atoms with Gasteiger partial charge >= 0.3 is 6.18 Å². The largest absolute Gasteiger partial charge is 0.417 e. The Morgan fingerprint density at radius 3 is 2.50 bits per heavy atom. The van der Waals surface area contributed by atoms with Crippen LogP contribution in [-0.2, 0) is 11.0 Å². The lowest BCUT2D eigenvalue weighted by atomic mass is 10.1. The number of Topliss-reactive ketones (excluding diaryl/α,β-unsaturated/α-hetero) is 1. The Morgan fingerprint density at radius 1 is 1.15 bits per heavy atom. The number of anilines is 1. The number of rotatable bonds is 7. The van der Waals surface area contributed by atoms with Crippen molar-refractivity contribution in [2.45, 2.75) is 31.0 Å². The van der Waals surface area contributed by atoms with E-state index in [1.54, 1.807) is 24.3 Å². The van der Waals surface area contributed by atoms with Gasteiger partial charge in [0.25, 0.3) is 0 Å². The number of pyridine rings is 1. The van der Waals surface area contributed by atoms with Gasteiger partial charge in [0, 0.05) is 18.2 Å². The summed E-state index contributed by atoms with van der Waals surface area (Å²) < 4.78 is 37.4. The molecule has 1 aromatic carbocycles. The molecule has 0 spiro atoms. The molecule has 0 saturated heterocycles. The summed E-state index contributed by atoms with van der Waals surface area (Å²) >= 11 is 1.28. The Morgan fingerprint density at radius 2 is 1.88 bits per heavy atom. The van der Waals surface area contributed by atoms with E-state index in [1.807, 2.05) is 0 Å². The number of nitrogens with zero attached hydrogens (tertiary/aromatic N) is 1. The number of carbonyl (C=O) groups is 2. The molecule has 0 atom stereocenters. The van der Waals surface area contributed by atoms with Crippen LogP contribution in [0, 0.1) is 0 Å². The van der Waals surface area contributed by atoms with Crippen molar-refractivity contribution in [3.05, 3.63) is 53.7 Å². The molecule has 0 aliphatic heterocycles. The minimum atomic E-state index is -4.40. The Bertz CT molecular complexity index is 777. The number of para-hydroxylation sites is 1. The molecule has 1 heterocycles. The average molecular weight is 382 g/mol. The maximum Gasteiger partial charge on any atom is 0.417 e. The van der Waals surface area contributed by atoms with Crippen LogP contribution >= 0.6 is 11.8 Å². The van der Waals surface area contributed by atoms with Gasteiger partial charge in [0.1, 0.15) is 0 Å². The molecule has 0 fully saturated rings. The lowest BCUT2D eigenvalue weighted by Crippen LogP contribution is -2.14. The van der Waals surface area contributed by atoms with Crippen LogP contribution in [0.15, 0.2) is 47.6 Å². The van der Waals surface area contributed by atoms with Crippen molar-refractivity contribution < 1.29 is 22.8 Å². The number of halogens is 3. The van der Waals surface area contributed by atoms with E-state index in [0.717, 1.165) is 12.3 Å². The molecule has 26 heavy (non-hydrogen) atoms. The summed E-state index contributed by atoms with van der Waals surface area (Å²) in [6.07, 6.45) is -2.83. The van der Waals surface area contributed by atoms with E-state index < -0.39 is 11.7 Å². The van der Waals surface area contributed by atoms with Crippen molar-refractivity contribution in [1.82, 2.24) is 4.98 Å². The first-order chi connectivity index (χ1) is 12.3. The molecule has 1 N–H and O–H groups in total. The SMILES string of the molecule is CC(=O)c1ccccc1NC(=O)CCCSc1ccc(C(F)(F)F)cn1. The van der Waals surface area contributed by atoms with Gasteiger partial charge in [0.2, 0.25) is 5.91 Å². The second kappa shape index (κ2) is 8.84. The van der Waals surface area contributed by atoms with E-state index in [-0.39, 0.29) is 18.1 Å². The number of thioether (sulfide) groups is 1. The molecule has 0 saturated carbocycles. The summed E-state index contributed by atoms with van der Waals surface area (Å²) in [5.74, 6) is 0.185. The van der Waals surface area contributed by atoms with E-state index in [0.29, 0.717) is 28.5 Å². The van der Waals surface area contributed by atoms with Crippen molar-refractivity contribution in [3.63, 3.8) is 0 Å². The lowest BCUT2D eigenvalue weighted by molar-refractivity contribution is -0.137.